The molecule has 70 valence electrons. The number of fused-ring (bicyclic) bond motifs is 1. The number of carbonyl (C=O) groups is 1. The van der Waals surface area contributed by atoms with Gasteiger partial charge in [-0.3, -0.25) is 4.98 Å². The van der Waals surface area contributed by atoms with Gasteiger partial charge in [0, 0.05) is 17.8 Å². The lowest BCUT2D eigenvalue weighted by Gasteiger charge is -2.00. The van der Waals surface area contributed by atoms with Crippen molar-refractivity contribution in [1.29, 1.82) is 0 Å². The van der Waals surface area contributed by atoms with Gasteiger partial charge in [0.1, 0.15) is 5.15 Å². The lowest BCUT2D eigenvalue weighted by molar-refractivity contribution is 0.0690. The Morgan fingerprint density at radius 2 is 2.29 bits per heavy atom. The number of hydrogen-bond acceptors (Lipinski definition) is 3. The quantitative estimate of drug-likeness (QED) is 0.728. The lowest BCUT2D eigenvalue weighted by Crippen LogP contribution is -2.00. The monoisotopic (exact) mass is 208 g/mol. The van der Waals surface area contributed by atoms with Gasteiger partial charge in [0.05, 0.1) is 0 Å². The van der Waals surface area contributed by atoms with Crippen LogP contribution in [0.4, 0.5) is 0 Å². The first-order valence-corrected chi connectivity index (χ1v) is 4.20. The van der Waals surface area contributed by atoms with Crippen LogP contribution in [0.25, 0.3) is 10.8 Å². The Hall–Kier alpha value is -1.68. The Kier molecular flexibility index (Phi) is 2.05. The van der Waals surface area contributed by atoms with E-state index in [0.29, 0.717) is 5.39 Å². The van der Waals surface area contributed by atoms with Crippen molar-refractivity contribution in [3.63, 3.8) is 0 Å². The average molecular weight is 209 g/mol. The molecule has 14 heavy (non-hydrogen) atoms. The molecule has 2 heterocycles. The first kappa shape index (κ1) is 8.90. The first-order chi connectivity index (χ1) is 6.68. The van der Waals surface area contributed by atoms with Gasteiger partial charge in [-0.1, -0.05) is 11.6 Å². The normalized spacial score (nSPS) is 10.4. The van der Waals surface area contributed by atoms with Gasteiger partial charge in [0.15, 0.2) is 5.69 Å². The summed E-state index contributed by atoms with van der Waals surface area (Å²) in [6.45, 7) is 0. The molecule has 0 bridgehead atoms. The maximum absolute atomic E-state index is 10.7. The average Bonchev–Trinajstić information content (AvgIpc) is 2.17. The van der Waals surface area contributed by atoms with Crippen molar-refractivity contribution in [2.45, 2.75) is 0 Å². The summed E-state index contributed by atoms with van der Waals surface area (Å²) < 4.78 is 0. The number of aromatic nitrogens is 2. The molecule has 0 aliphatic rings. The van der Waals surface area contributed by atoms with Gasteiger partial charge in [-0.2, -0.15) is 0 Å². The highest BCUT2D eigenvalue weighted by atomic mass is 35.5. The fourth-order valence-electron chi connectivity index (χ4n) is 1.16. The number of halogens is 1. The molecule has 0 radical (unpaired) electrons. The van der Waals surface area contributed by atoms with Crippen LogP contribution in [0, 0.1) is 0 Å². The molecule has 2 aromatic heterocycles. The molecule has 2 aromatic rings. The second kappa shape index (κ2) is 3.23. The molecule has 1 N–H and O–H groups in total. The van der Waals surface area contributed by atoms with Crippen LogP contribution >= 0.6 is 11.6 Å². The van der Waals surface area contributed by atoms with Gasteiger partial charge in [-0.05, 0) is 17.5 Å². The van der Waals surface area contributed by atoms with E-state index in [-0.39, 0.29) is 10.8 Å². The fraction of sp³-hybridized carbons (Fsp3) is 0. The minimum Gasteiger partial charge on any atom is -0.477 e. The molecule has 0 saturated carbocycles. The standard InChI is InChI=1S/C9H5ClN2O2/c10-8-6-4-11-2-1-5(6)3-7(12-8)9(13)14/h1-4H,(H,13,14). The number of nitrogens with zero attached hydrogens (tertiary/aromatic N) is 2. The molecule has 0 unspecified atom stereocenters. The lowest BCUT2D eigenvalue weighted by atomic mass is 10.2. The molecule has 2 rings (SSSR count). The molecule has 0 aromatic carbocycles. The van der Waals surface area contributed by atoms with Crippen LogP contribution < -0.4 is 0 Å². The van der Waals surface area contributed by atoms with Crippen LogP contribution in [0.5, 0.6) is 0 Å². The first-order valence-electron chi connectivity index (χ1n) is 3.82. The third kappa shape index (κ3) is 1.40. The van der Waals surface area contributed by atoms with E-state index < -0.39 is 5.97 Å². The second-order valence-electron chi connectivity index (χ2n) is 2.70. The molecule has 5 heteroatoms. The summed E-state index contributed by atoms with van der Waals surface area (Å²) >= 11 is 5.79. The summed E-state index contributed by atoms with van der Waals surface area (Å²) in [6.07, 6.45) is 3.13. The largest absolute Gasteiger partial charge is 0.477 e. The van der Waals surface area contributed by atoms with Crippen LogP contribution in [0.1, 0.15) is 10.5 Å². The maximum Gasteiger partial charge on any atom is 0.354 e. The second-order valence-corrected chi connectivity index (χ2v) is 3.06. The van der Waals surface area contributed by atoms with E-state index in [1.165, 1.54) is 6.07 Å². The third-order valence-electron chi connectivity index (χ3n) is 1.81. The number of carboxylic acid groups (broad SMARTS) is 1. The Morgan fingerprint density at radius 1 is 1.50 bits per heavy atom. The summed E-state index contributed by atoms with van der Waals surface area (Å²) in [6, 6.07) is 3.15. The van der Waals surface area contributed by atoms with Crippen LogP contribution in [0.3, 0.4) is 0 Å². The Bertz CT molecular complexity index is 513. The SMILES string of the molecule is O=C(O)c1cc2ccncc2c(Cl)n1. The van der Waals surface area contributed by atoms with E-state index in [9.17, 15) is 4.79 Å². The van der Waals surface area contributed by atoms with Crippen LogP contribution in [-0.2, 0) is 0 Å². The van der Waals surface area contributed by atoms with Gasteiger partial charge in [-0.25, -0.2) is 9.78 Å². The van der Waals surface area contributed by atoms with E-state index in [1.807, 2.05) is 0 Å². The number of rotatable bonds is 1. The van der Waals surface area contributed by atoms with Gasteiger partial charge >= 0.3 is 5.97 Å². The number of aromatic carboxylic acids is 1. The number of hydrogen-bond donors (Lipinski definition) is 1. The Labute approximate surface area is 84.2 Å². The zero-order valence-electron chi connectivity index (χ0n) is 6.94. The highest BCUT2D eigenvalue weighted by Gasteiger charge is 2.08. The van der Waals surface area contributed by atoms with Crippen molar-refractivity contribution in [3.05, 3.63) is 35.4 Å². The highest BCUT2D eigenvalue weighted by molar-refractivity contribution is 6.34. The molecule has 0 amide bonds. The highest BCUT2D eigenvalue weighted by Crippen LogP contribution is 2.21. The summed E-state index contributed by atoms with van der Waals surface area (Å²) in [5, 5.41) is 10.3. The molecule has 0 aliphatic heterocycles. The number of pyridine rings is 2. The van der Waals surface area contributed by atoms with Crippen LogP contribution in [-0.4, -0.2) is 21.0 Å². The van der Waals surface area contributed by atoms with E-state index >= 15 is 0 Å². The van der Waals surface area contributed by atoms with Crippen LogP contribution in [0.15, 0.2) is 24.5 Å². The van der Waals surface area contributed by atoms with Gasteiger partial charge in [0.2, 0.25) is 0 Å². The summed E-state index contributed by atoms with van der Waals surface area (Å²) in [5.74, 6) is -1.09. The Morgan fingerprint density at radius 3 is 3.00 bits per heavy atom. The van der Waals surface area contributed by atoms with Crippen LogP contribution in [0.2, 0.25) is 5.15 Å². The van der Waals surface area contributed by atoms with Crippen molar-refractivity contribution >= 4 is 28.3 Å². The van der Waals surface area contributed by atoms with Crippen molar-refractivity contribution < 1.29 is 9.90 Å². The predicted molar refractivity (Wildman–Crippen MR) is 51.5 cm³/mol. The topological polar surface area (TPSA) is 63.1 Å². The molecule has 0 saturated heterocycles. The van der Waals surface area contributed by atoms with Crippen molar-refractivity contribution in [3.8, 4) is 0 Å². The maximum atomic E-state index is 10.7. The van der Waals surface area contributed by atoms with E-state index in [1.54, 1.807) is 18.5 Å². The summed E-state index contributed by atoms with van der Waals surface area (Å²) in [5.41, 5.74) is -0.0614. The molecule has 0 atom stereocenters. The van der Waals surface area contributed by atoms with E-state index in [4.69, 9.17) is 16.7 Å². The zero-order chi connectivity index (χ0) is 10.1. The molecular weight excluding hydrogens is 204 g/mol. The Balaban J connectivity index is 2.78. The van der Waals surface area contributed by atoms with Crippen molar-refractivity contribution in [1.82, 2.24) is 9.97 Å². The van der Waals surface area contributed by atoms with Gasteiger partial charge in [0.25, 0.3) is 0 Å². The minimum absolute atomic E-state index is 0.0614. The van der Waals surface area contributed by atoms with E-state index in [0.717, 1.165) is 5.39 Å². The predicted octanol–water partition coefficient (Wildman–Crippen LogP) is 1.98. The summed E-state index contributed by atoms with van der Waals surface area (Å²) in [4.78, 5) is 18.3. The van der Waals surface area contributed by atoms with Gasteiger partial charge in [-0.15, -0.1) is 0 Å². The molecule has 4 nitrogen and oxygen atoms in total. The van der Waals surface area contributed by atoms with Crippen molar-refractivity contribution in [2.75, 3.05) is 0 Å². The molecule has 0 aliphatic carbocycles. The molecule has 0 fully saturated rings. The zero-order valence-corrected chi connectivity index (χ0v) is 7.69. The molecular formula is C9H5ClN2O2. The summed E-state index contributed by atoms with van der Waals surface area (Å²) in [7, 11) is 0. The minimum atomic E-state index is -1.09. The van der Waals surface area contributed by atoms with E-state index in [2.05, 4.69) is 9.97 Å². The smallest absolute Gasteiger partial charge is 0.354 e. The fourth-order valence-corrected chi connectivity index (χ4v) is 1.41. The van der Waals surface area contributed by atoms with Crippen molar-refractivity contribution in [2.24, 2.45) is 0 Å². The third-order valence-corrected chi connectivity index (χ3v) is 2.10. The van der Waals surface area contributed by atoms with Gasteiger partial charge < -0.3 is 5.11 Å². The molecule has 0 spiro atoms. The number of carboxylic acids is 1.